The van der Waals surface area contributed by atoms with Crippen molar-refractivity contribution >= 4 is 18.5 Å². The van der Waals surface area contributed by atoms with Crippen LogP contribution in [0.1, 0.15) is 0 Å². The smallest absolute Gasteiger partial charge is 0.257 e. The van der Waals surface area contributed by atoms with Crippen LogP contribution < -0.4 is 0 Å². The molecule has 48 valence electrons. The van der Waals surface area contributed by atoms with Gasteiger partial charge >= 0.3 is 0 Å². The van der Waals surface area contributed by atoms with Gasteiger partial charge in [-0.15, -0.1) is 0 Å². The Bertz CT molecular complexity index is 118. The fraction of sp³-hybridized carbons (Fsp3) is 1.00. The summed E-state index contributed by atoms with van der Waals surface area (Å²) in [6, 6.07) is 0. The minimum Gasteiger partial charge on any atom is -0.320 e. The number of hydrogen-bond acceptors (Lipinski definition) is 1. The van der Waals surface area contributed by atoms with E-state index in [2.05, 4.69) is 4.74 Å². The lowest BCUT2D eigenvalue weighted by Gasteiger charge is -1.95. The summed E-state index contributed by atoms with van der Waals surface area (Å²) in [7, 11) is 3.77. The summed E-state index contributed by atoms with van der Waals surface area (Å²) in [5.41, 5.74) is -1.84. The second kappa shape index (κ2) is 1.59. The highest BCUT2D eigenvalue weighted by Gasteiger charge is 2.66. The van der Waals surface area contributed by atoms with Crippen molar-refractivity contribution in [2.75, 3.05) is 6.67 Å². The molecule has 1 nitrogen and oxygen atoms in total. The van der Waals surface area contributed by atoms with Gasteiger partial charge in [0.15, 0.2) is 5.34 Å². The molecule has 1 aliphatic rings. The Morgan fingerprint density at radius 3 is 1.88 bits per heavy atom. The fourth-order valence-corrected chi connectivity index (χ4v) is 0.953. The Kier molecular flexibility index (Phi) is 1.35. The Balaban J connectivity index is 2.55. The average molecular weight is 158 g/mol. The van der Waals surface area contributed by atoms with Crippen LogP contribution in [-0.2, 0) is 4.74 Å². The van der Waals surface area contributed by atoms with Crippen molar-refractivity contribution in [3.8, 4) is 0 Å². The van der Waals surface area contributed by atoms with Crippen molar-refractivity contribution in [2.45, 2.75) is 10.9 Å². The van der Waals surface area contributed by atoms with Crippen molar-refractivity contribution in [1.29, 1.82) is 0 Å². The maximum Gasteiger partial charge on any atom is 0.257 e. The van der Waals surface area contributed by atoms with Crippen LogP contribution in [0.5, 0.6) is 0 Å². The summed E-state index contributed by atoms with van der Waals surface area (Å²) in [4.78, 5) is 0. The van der Waals surface area contributed by atoms with Gasteiger partial charge in [-0.2, -0.15) is 0 Å². The van der Waals surface area contributed by atoms with E-state index in [-0.39, 0.29) is 0 Å². The maximum atomic E-state index is 12.3. The van der Waals surface area contributed by atoms with Gasteiger partial charge in [-0.3, -0.25) is 0 Å². The van der Waals surface area contributed by atoms with Gasteiger partial charge in [0.05, 0.1) is 0 Å². The maximum absolute atomic E-state index is 12.3. The molecule has 1 aliphatic heterocycles. The Hall–Kier alpha value is 0.680. The fourth-order valence-electron chi connectivity index (χ4n) is 0.358. The quantitative estimate of drug-likeness (QED) is 0.410. The van der Waals surface area contributed by atoms with E-state index in [1.807, 2.05) is 9.24 Å². The monoisotopic (exact) mass is 158 g/mol. The first-order valence-electron chi connectivity index (χ1n) is 2.05. The van der Waals surface area contributed by atoms with Gasteiger partial charge in [0.25, 0.3) is 5.60 Å². The van der Waals surface area contributed by atoms with Gasteiger partial charge in [0.2, 0.25) is 0 Å². The number of hydrogen-bond donors (Lipinski definition) is 0. The zero-order chi connectivity index (χ0) is 6.41. The van der Waals surface area contributed by atoms with Crippen molar-refractivity contribution in [3.63, 3.8) is 0 Å². The van der Waals surface area contributed by atoms with Crippen LogP contribution in [-0.4, -0.2) is 17.6 Å². The molecule has 0 bridgehead atoms. The predicted molar refractivity (Wildman–Crippen MR) is 33.0 cm³/mol. The van der Waals surface area contributed by atoms with E-state index in [0.717, 1.165) is 0 Å². The molecule has 0 spiro atoms. The van der Waals surface area contributed by atoms with Crippen LogP contribution in [0.2, 0.25) is 0 Å². The normalized spacial score (nSPS) is 54.0. The van der Waals surface area contributed by atoms with Crippen molar-refractivity contribution in [3.05, 3.63) is 0 Å². The number of ether oxygens (including phenoxy) is 1. The van der Waals surface area contributed by atoms with Gasteiger partial charge in [-0.25, -0.2) is 8.78 Å². The molecule has 8 heavy (non-hydrogen) atoms. The summed E-state index contributed by atoms with van der Waals surface area (Å²) in [5, 5.41) is -1.27. The molecule has 0 aromatic rings. The van der Waals surface area contributed by atoms with E-state index in [1.54, 1.807) is 9.24 Å². The van der Waals surface area contributed by atoms with Crippen LogP contribution >= 0.6 is 18.5 Å². The summed E-state index contributed by atoms with van der Waals surface area (Å²) in [6.07, 6.45) is 0. The van der Waals surface area contributed by atoms with Crippen LogP contribution in [0.4, 0.5) is 8.78 Å². The third-order valence-corrected chi connectivity index (χ3v) is 2.67. The molecule has 1 saturated heterocycles. The van der Waals surface area contributed by atoms with E-state index in [0.29, 0.717) is 0 Å². The molecule has 4 atom stereocenters. The third-order valence-electron chi connectivity index (χ3n) is 1.06. The minimum atomic E-state index is -1.84. The van der Waals surface area contributed by atoms with Crippen LogP contribution in [0.25, 0.3) is 0 Å². The van der Waals surface area contributed by atoms with Crippen molar-refractivity contribution in [2.24, 2.45) is 0 Å². The first kappa shape index (κ1) is 6.80. The van der Waals surface area contributed by atoms with E-state index in [1.165, 1.54) is 0 Å². The number of halogens is 2. The highest BCUT2D eigenvalue weighted by Crippen LogP contribution is 2.58. The Morgan fingerprint density at radius 2 is 1.88 bits per heavy atom. The molecule has 0 aromatic carbocycles. The number of rotatable bonds is 1. The van der Waals surface area contributed by atoms with Gasteiger partial charge in [-0.05, 0) is 0 Å². The zero-order valence-corrected chi connectivity index (χ0v) is 6.34. The molecule has 0 radical (unpaired) electrons. The van der Waals surface area contributed by atoms with Crippen LogP contribution in [0.15, 0.2) is 0 Å². The lowest BCUT2D eigenvalue weighted by molar-refractivity contribution is 0.227. The number of alkyl halides is 2. The van der Waals surface area contributed by atoms with Gasteiger partial charge < -0.3 is 4.74 Å². The lowest BCUT2D eigenvalue weighted by Crippen LogP contribution is -2.09. The highest BCUT2D eigenvalue weighted by atomic mass is 31.0. The average Bonchev–Trinajstić information content (AvgIpc) is 2.10. The molecule has 4 unspecified atom stereocenters. The second-order valence-electron chi connectivity index (χ2n) is 1.77. The Morgan fingerprint density at radius 1 is 1.50 bits per heavy atom. The minimum absolute atomic E-state index is 0.808. The standard InChI is InChI=1S/C3H6F2OP2/c4-1-2(7)3(5,8)6-2/h1,7-8H2. The topological polar surface area (TPSA) is 12.5 Å². The molecule has 0 amide bonds. The van der Waals surface area contributed by atoms with Crippen LogP contribution in [0.3, 0.4) is 0 Å². The van der Waals surface area contributed by atoms with Crippen LogP contribution in [0, 0.1) is 0 Å². The molecule has 1 heterocycles. The predicted octanol–water partition coefficient (Wildman–Crippen LogP) is 1.06. The summed E-state index contributed by atoms with van der Waals surface area (Å²) < 4.78 is 28.3. The van der Waals surface area contributed by atoms with Gasteiger partial charge in [0, 0.05) is 0 Å². The second-order valence-corrected chi connectivity index (χ2v) is 3.45. The zero-order valence-electron chi connectivity index (χ0n) is 4.03. The van der Waals surface area contributed by atoms with Gasteiger partial charge in [-0.1, -0.05) is 18.5 Å². The molecular formula is C3H6F2OP2. The summed E-state index contributed by atoms with van der Waals surface area (Å²) >= 11 is 0. The summed E-state index contributed by atoms with van der Waals surface area (Å²) in [5.74, 6) is 0. The van der Waals surface area contributed by atoms with Crippen molar-refractivity contribution in [1.82, 2.24) is 0 Å². The molecule has 0 N–H and O–H groups in total. The largest absolute Gasteiger partial charge is 0.320 e. The van der Waals surface area contributed by atoms with Crippen molar-refractivity contribution < 1.29 is 13.5 Å². The van der Waals surface area contributed by atoms with E-state index in [9.17, 15) is 8.78 Å². The number of epoxide rings is 1. The van der Waals surface area contributed by atoms with E-state index in [4.69, 9.17) is 0 Å². The van der Waals surface area contributed by atoms with E-state index < -0.39 is 17.6 Å². The lowest BCUT2D eigenvalue weighted by atomic mass is 10.5. The molecular weight excluding hydrogens is 152 g/mol. The molecule has 5 heteroatoms. The van der Waals surface area contributed by atoms with Gasteiger partial charge in [0.1, 0.15) is 6.67 Å². The molecule has 1 fully saturated rings. The SMILES string of the molecule is FCC1(P)OC1(F)P. The molecule has 0 saturated carbocycles. The Labute approximate surface area is 50.6 Å². The molecule has 0 aliphatic carbocycles. The highest BCUT2D eigenvalue weighted by molar-refractivity contribution is 7.26. The van der Waals surface area contributed by atoms with E-state index >= 15 is 0 Å². The first-order chi connectivity index (χ1) is 3.52. The molecule has 0 aromatic heterocycles. The summed E-state index contributed by atoms with van der Waals surface area (Å²) in [6.45, 7) is -0.808. The third kappa shape index (κ3) is 0.775. The molecule has 1 rings (SSSR count). The first-order valence-corrected chi connectivity index (χ1v) is 3.20.